The smallest absolute Gasteiger partial charge is 0.251 e. The number of carbonyl (C=O) groups excluding carboxylic acids is 1. The first kappa shape index (κ1) is 14.8. The summed E-state index contributed by atoms with van der Waals surface area (Å²) in [6, 6.07) is 3.54. The van der Waals surface area contributed by atoms with Crippen molar-refractivity contribution >= 4 is 11.7 Å². The molecule has 1 aromatic heterocycles. The molecule has 0 aliphatic heterocycles. The number of nitrogens with two attached hydrogens (primary N) is 1. The molecular weight excluding hydrogens is 252 g/mol. The average Bonchev–Trinajstić information content (AvgIpc) is 3.22. The van der Waals surface area contributed by atoms with Crippen LogP contribution in [0.3, 0.4) is 0 Å². The summed E-state index contributed by atoms with van der Waals surface area (Å²) in [6.45, 7) is 6.25. The molecule has 0 bridgehead atoms. The van der Waals surface area contributed by atoms with Gasteiger partial charge in [0, 0.05) is 16.8 Å². The topological polar surface area (TPSA) is 80.0 Å². The van der Waals surface area contributed by atoms with Crippen LogP contribution in [0, 0.1) is 5.92 Å². The Hall–Kier alpha value is -1.62. The van der Waals surface area contributed by atoms with E-state index in [-0.39, 0.29) is 11.4 Å². The van der Waals surface area contributed by atoms with Gasteiger partial charge in [0.05, 0.1) is 0 Å². The molecule has 5 heteroatoms. The van der Waals surface area contributed by atoms with Crippen molar-refractivity contribution < 1.29 is 4.79 Å². The lowest BCUT2D eigenvalue weighted by atomic mass is 9.98. The lowest BCUT2D eigenvalue weighted by molar-refractivity contribution is 0.0903. The van der Waals surface area contributed by atoms with E-state index >= 15 is 0 Å². The number of hydrogen-bond donors (Lipinski definition) is 3. The molecule has 0 spiro atoms. The lowest BCUT2D eigenvalue weighted by Gasteiger charge is -2.26. The van der Waals surface area contributed by atoms with Gasteiger partial charge in [-0.2, -0.15) is 0 Å². The Morgan fingerprint density at radius 2 is 2.15 bits per heavy atom. The fourth-order valence-electron chi connectivity index (χ4n) is 2.45. The van der Waals surface area contributed by atoms with Crippen molar-refractivity contribution in [2.75, 3.05) is 5.43 Å². The molecule has 5 nitrogen and oxygen atoms in total. The summed E-state index contributed by atoms with van der Waals surface area (Å²) in [4.78, 5) is 16.8. The van der Waals surface area contributed by atoms with Gasteiger partial charge in [0.15, 0.2) is 0 Å². The Labute approximate surface area is 120 Å². The zero-order chi connectivity index (χ0) is 14.8. The monoisotopic (exact) mass is 276 g/mol. The number of pyridine rings is 1. The minimum atomic E-state index is -0.151. The molecule has 1 aliphatic rings. The van der Waals surface area contributed by atoms with Crippen molar-refractivity contribution in [3.8, 4) is 0 Å². The first-order valence-electron chi connectivity index (χ1n) is 7.26. The molecule has 1 aliphatic carbocycles. The maximum absolute atomic E-state index is 12.4. The van der Waals surface area contributed by atoms with Crippen LogP contribution in [0.5, 0.6) is 0 Å². The van der Waals surface area contributed by atoms with Gasteiger partial charge in [-0.05, 0) is 51.2 Å². The Morgan fingerprint density at radius 1 is 1.45 bits per heavy atom. The highest BCUT2D eigenvalue weighted by atomic mass is 16.1. The van der Waals surface area contributed by atoms with Crippen LogP contribution >= 0.6 is 0 Å². The summed E-state index contributed by atoms with van der Waals surface area (Å²) < 4.78 is 0. The number of hydrogen-bond acceptors (Lipinski definition) is 4. The van der Waals surface area contributed by atoms with Crippen LogP contribution in [0.15, 0.2) is 12.1 Å². The number of nitrogens with zero attached hydrogens (tertiary/aromatic N) is 1. The van der Waals surface area contributed by atoms with Gasteiger partial charge in [0.25, 0.3) is 5.91 Å². The fraction of sp³-hybridized carbons (Fsp3) is 0.600. The van der Waals surface area contributed by atoms with Gasteiger partial charge in [-0.1, -0.05) is 13.3 Å². The van der Waals surface area contributed by atoms with Crippen molar-refractivity contribution in [2.45, 2.75) is 52.0 Å². The molecule has 20 heavy (non-hydrogen) atoms. The Morgan fingerprint density at radius 3 is 2.70 bits per heavy atom. The number of anilines is 1. The second kappa shape index (κ2) is 5.79. The molecule has 1 fully saturated rings. The highest BCUT2D eigenvalue weighted by molar-refractivity contribution is 5.95. The van der Waals surface area contributed by atoms with Gasteiger partial charge >= 0.3 is 0 Å². The van der Waals surface area contributed by atoms with Crippen LogP contribution < -0.4 is 16.6 Å². The summed E-state index contributed by atoms with van der Waals surface area (Å²) in [5, 5.41) is 3.12. The van der Waals surface area contributed by atoms with E-state index in [0.717, 1.165) is 18.5 Å². The van der Waals surface area contributed by atoms with Gasteiger partial charge in [-0.15, -0.1) is 0 Å². The van der Waals surface area contributed by atoms with Crippen molar-refractivity contribution in [2.24, 2.45) is 11.8 Å². The van der Waals surface area contributed by atoms with Gasteiger partial charge < -0.3 is 10.7 Å². The molecule has 110 valence electrons. The van der Waals surface area contributed by atoms with Crippen LogP contribution in [0.1, 0.15) is 56.1 Å². The number of rotatable bonds is 6. The summed E-state index contributed by atoms with van der Waals surface area (Å²) >= 11 is 0. The van der Waals surface area contributed by atoms with Crippen molar-refractivity contribution in [3.05, 3.63) is 23.4 Å². The molecule has 0 unspecified atom stereocenters. The number of hydrazine groups is 1. The number of aromatic nitrogens is 1. The van der Waals surface area contributed by atoms with E-state index in [1.165, 1.54) is 12.8 Å². The van der Waals surface area contributed by atoms with E-state index < -0.39 is 0 Å². The minimum absolute atomic E-state index is 0.0573. The number of nitrogen functional groups attached to an aromatic ring is 1. The molecule has 2 rings (SSSR count). The maximum Gasteiger partial charge on any atom is 0.251 e. The third-order valence-corrected chi connectivity index (χ3v) is 3.83. The quantitative estimate of drug-likeness (QED) is 0.550. The fourth-order valence-corrected chi connectivity index (χ4v) is 2.45. The summed E-state index contributed by atoms with van der Waals surface area (Å²) in [5.74, 6) is 6.49. The standard InChI is InChI=1S/C15H24N4O/c1-4-5-12-8-10(9-13(17-12)19-16)14(20)18-15(2,3)11-6-7-11/h8-9,11H,4-7,16H2,1-3H3,(H,17,19)(H,18,20). The zero-order valence-electron chi connectivity index (χ0n) is 12.5. The van der Waals surface area contributed by atoms with Crippen LogP contribution in [0.4, 0.5) is 5.82 Å². The molecule has 0 aromatic carbocycles. The van der Waals surface area contributed by atoms with Crippen LogP contribution in [0.2, 0.25) is 0 Å². The molecule has 0 atom stereocenters. The average molecular weight is 276 g/mol. The Bertz CT molecular complexity index is 495. The highest BCUT2D eigenvalue weighted by Gasteiger charge is 2.38. The van der Waals surface area contributed by atoms with E-state index in [4.69, 9.17) is 5.84 Å². The molecule has 0 saturated heterocycles. The van der Waals surface area contributed by atoms with E-state index in [9.17, 15) is 4.79 Å². The Kier molecular flexibility index (Phi) is 4.28. The predicted molar refractivity (Wildman–Crippen MR) is 80.3 cm³/mol. The number of amides is 1. The van der Waals surface area contributed by atoms with Crippen molar-refractivity contribution in [1.82, 2.24) is 10.3 Å². The van der Waals surface area contributed by atoms with E-state index in [2.05, 4.69) is 36.5 Å². The molecule has 1 saturated carbocycles. The van der Waals surface area contributed by atoms with Crippen LogP contribution in [0.25, 0.3) is 0 Å². The van der Waals surface area contributed by atoms with Crippen LogP contribution in [-0.2, 0) is 6.42 Å². The van der Waals surface area contributed by atoms with Gasteiger partial charge in [-0.3, -0.25) is 4.79 Å². The molecule has 4 N–H and O–H groups in total. The van der Waals surface area contributed by atoms with Gasteiger partial charge in [0.1, 0.15) is 5.82 Å². The number of aryl methyl sites for hydroxylation is 1. The third kappa shape index (κ3) is 3.48. The summed E-state index contributed by atoms with van der Waals surface area (Å²) in [5.41, 5.74) is 3.88. The molecular formula is C15H24N4O. The zero-order valence-corrected chi connectivity index (χ0v) is 12.5. The number of carbonyl (C=O) groups is 1. The second-order valence-corrected chi connectivity index (χ2v) is 6.08. The maximum atomic E-state index is 12.4. The molecule has 0 radical (unpaired) electrons. The van der Waals surface area contributed by atoms with E-state index in [0.29, 0.717) is 17.3 Å². The Balaban J connectivity index is 2.17. The van der Waals surface area contributed by atoms with Crippen molar-refractivity contribution in [1.29, 1.82) is 0 Å². The van der Waals surface area contributed by atoms with Gasteiger partial charge in [0.2, 0.25) is 0 Å². The first-order valence-corrected chi connectivity index (χ1v) is 7.26. The molecule has 1 heterocycles. The minimum Gasteiger partial charge on any atom is -0.347 e. The summed E-state index contributed by atoms with van der Waals surface area (Å²) in [7, 11) is 0. The molecule has 1 amide bonds. The van der Waals surface area contributed by atoms with E-state index in [1.807, 2.05) is 6.07 Å². The lowest BCUT2D eigenvalue weighted by Crippen LogP contribution is -2.45. The highest BCUT2D eigenvalue weighted by Crippen LogP contribution is 2.39. The van der Waals surface area contributed by atoms with E-state index in [1.54, 1.807) is 6.07 Å². The predicted octanol–water partition coefficient (Wildman–Crippen LogP) is 2.24. The third-order valence-electron chi connectivity index (χ3n) is 3.83. The van der Waals surface area contributed by atoms with Crippen LogP contribution in [-0.4, -0.2) is 16.4 Å². The second-order valence-electron chi connectivity index (χ2n) is 6.08. The van der Waals surface area contributed by atoms with Crippen molar-refractivity contribution in [3.63, 3.8) is 0 Å². The van der Waals surface area contributed by atoms with Gasteiger partial charge in [-0.25, -0.2) is 10.8 Å². The summed E-state index contributed by atoms with van der Waals surface area (Å²) in [6.07, 6.45) is 4.21. The first-order chi connectivity index (χ1) is 9.46. The largest absolute Gasteiger partial charge is 0.347 e. The molecule has 1 aromatic rings. The SMILES string of the molecule is CCCc1cc(C(=O)NC(C)(C)C2CC2)cc(NN)n1. The number of nitrogens with one attached hydrogen (secondary N) is 2. The normalized spacial score (nSPS) is 15.0.